The van der Waals surface area contributed by atoms with Crippen molar-refractivity contribution in [2.45, 2.75) is 71.1 Å². The Morgan fingerprint density at radius 1 is 0.917 bits per heavy atom. The lowest BCUT2D eigenvalue weighted by molar-refractivity contribution is -0.116. The summed E-state index contributed by atoms with van der Waals surface area (Å²) in [7, 11) is 0. The van der Waals surface area contributed by atoms with Crippen LogP contribution in [0.1, 0.15) is 76.7 Å². The van der Waals surface area contributed by atoms with E-state index >= 15 is 0 Å². The van der Waals surface area contributed by atoms with E-state index in [1.807, 2.05) is 24.3 Å². The van der Waals surface area contributed by atoms with Gasteiger partial charge in [-0.05, 0) is 30.2 Å². The van der Waals surface area contributed by atoms with Gasteiger partial charge in [-0.3, -0.25) is 9.59 Å². The fraction of sp³-hybridized carbons (Fsp3) is 0.524. The highest BCUT2D eigenvalue weighted by molar-refractivity contribution is 5.90. The predicted octanol–water partition coefficient (Wildman–Crippen LogP) is 5.76. The number of amides is 1. The van der Waals surface area contributed by atoms with Crippen LogP contribution < -0.4 is 5.32 Å². The van der Waals surface area contributed by atoms with Crippen LogP contribution in [0.15, 0.2) is 30.3 Å². The topological polar surface area (TPSA) is 46.2 Å². The monoisotopic (exact) mass is 329 g/mol. The molecular weight excluding hydrogens is 298 g/mol. The zero-order valence-corrected chi connectivity index (χ0v) is 14.9. The molecule has 1 N–H and O–H groups in total. The van der Waals surface area contributed by atoms with Gasteiger partial charge in [-0.1, -0.05) is 76.5 Å². The average Bonchev–Trinajstić information content (AvgIpc) is 2.60. The number of anilines is 1. The van der Waals surface area contributed by atoms with Crippen molar-refractivity contribution in [1.82, 2.24) is 0 Å². The van der Waals surface area contributed by atoms with E-state index in [-0.39, 0.29) is 5.91 Å². The third kappa shape index (κ3) is 9.98. The highest BCUT2D eigenvalue weighted by atomic mass is 16.1. The summed E-state index contributed by atoms with van der Waals surface area (Å²) in [4.78, 5) is 22.2. The largest absolute Gasteiger partial charge is 0.326 e. The van der Waals surface area contributed by atoms with E-state index in [1.165, 1.54) is 51.0 Å². The Bertz CT molecular complexity index is 491. The average molecular weight is 329 g/mol. The molecule has 0 aliphatic heterocycles. The van der Waals surface area contributed by atoms with Gasteiger partial charge < -0.3 is 5.32 Å². The van der Waals surface area contributed by atoms with Crippen LogP contribution in [-0.4, -0.2) is 12.2 Å². The van der Waals surface area contributed by atoms with Crippen LogP contribution in [0.3, 0.4) is 0 Å². The van der Waals surface area contributed by atoms with E-state index in [4.69, 9.17) is 0 Å². The fourth-order valence-electron chi connectivity index (χ4n) is 2.65. The lowest BCUT2D eigenvalue weighted by Gasteiger charge is -2.06. The number of rotatable bonds is 13. The van der Waals surface area contributed by atoms with Crippen LogP contribution in [0.25, 0.3) is 6.08 Å². The van der Waals surface area contributed by atoms with Gasteiger partial charge in [0.25, 0.3) is 0 Å². The normalized spacial score (nSPS) is 10.9. The molecule has 1 amide bonds. The first-order chi connectivity index (χ1) is 11.8. The summed E-state index contributed by atoms with van der Waals surface area (Å²) in [5, 5.41) is 2.92. The maximum atomic E-state index is 11.9. The molecule has 0 saturated carbocycles. The Morgan fingerprint density at radius 3 is 2.08 bits per heavy atom. The quantitative estimate of drug-likeness (QED) is 0.284. The first-order valence-electron chi connectivity index (χ1n) is 9.28. The molecule has 24 heavy (non-hydrogen) atoms. The Labute approximate surface area is 146 Å². The molecule has 1 aromatic carbocycles. The Kier molecular flexibility index (Phi) is 11.4. The van der Waals surface area contributed by atoms with Crippen molar-refractivity contribution in [1.29, 1.82) is 0 Å². The molecule has 0 spiro atoms. The van der Waals surface area contributed by atoms with Crippen molar-refractivity contribution in [3.05, 3.63) is 35.9 Å². The van der Waals surface area contributed by atoms with Crippen LogP contribution in [0.5, 0.6) is 0 Å². The van der Waals surface area contributed by atoms with Crippen molar-refractivity contribution in [2.75, 3.05) is 5.32 Å². The number of nitrogens with one attached hydrogen (secondary N) is 1. The number of allylic oxidation sites excluding steroid dienone is 1. The molecule has 0 unspecified atom stereocenters. The van der Waals surface area contributed by atoms with Crippen LogP contribution in [0.2, 0.25) is 0 Å². The van der Waals surface area contributed by atoms with E-state index in [0.717, 1.165) is 30.4 Å². The van der Waals surface area contributed by atoms with Gasteiger partial charge in [-0.15, -0.1) is 0 Å². The predicted molar refractivity (Wildman–Crippen MR) is 102 cm³/mol. The van der Waals surface area contributed by atoms with Crippen molar-refractivity contribution < 1.29 is 9.59 Å². The number of benzene rings is 1. The van der Waals surface area contributed by atoms with Crippen LogP contribution in [0.4, 0.5) is 5.69 Å². The number of aldehydes is 1. The molecular formula is C21H31NO2. The van der Waals surface area contributed by atoms with Crippen LogP contribution in [0, 0.1) is 0 Å². The van der Waals surface area contributed by atoms with E-state index in [0.29, 0.717) is 6.42 Å². The number of hydrogen-bond acceptors (Lipinski definition) is 2. The maximum absolute atomic E-state index is 11.9. The molecule has 0 fully saturated rings. The molecule has 0 aliphatic rings. The van der Waals surface area contributed by atoms with Crippen LogP contribution in [-0.2, 0) is 9.59 Å². The molecule has 0 aromatic heterocycles. The Morgan fingerprint density at radius 2 is 1.50 bits per heavy atom. The minimum absolute atomic E-state index is 0.0779. The maximum Gasteiger partial charge on any atom is 0.224 e. The van der Waals surface area contributed by atoms with Gasteiger partial charge in [-0.2, -0.15) is 0 Å². The highest BCUT2D eigenvalue weighted by Gasteiger charge is 2.02. The summed E-state index contributed by atoms with van der Waals surface area (Å²) in [6.45, 7) is 2.24. The summed E-state index contributed by atoms with van der Waals surface area (Å²) in [6.07, 6.45) is 15.9. The van der Waals surface area contributed by atoms with E-state index in [1.54, 1.807) is 6.08 Å². The molecule has 3 nitrogen and oxygen atoms in total. The first-order valence-corrected chi connectivity index (χ1v) is 9.28. The molecule has 0 bridgehead atoms. The summed E-state index contributed by atoms with van der Waals surface area (Å²) in [6, 6.07) is 7.49. The molecule has 0 saturated heterocycles. The van der Waals surface area contributed by atoms with Gasteiger partial charge in [0.15, 0.2) is 0 Å². The second-order valence-corrected chi connectivity index (χ2v) is 6.24. The van der Waals surface area contributed by atoms with Gasteiger partial charge in [0, 0.05) is 12.1 Å². The molecule has 1 rings (SSSR count). The molecule has 0 radical (unpaired) electrons. The van der Waals surface area contributed by atoms with E-state index < -0.39 is 0 Å². The molecule has 0 atom stereocenters. The standard InChI is InChI=1S/C21H31NO2/c1-2-3-4-5-6-7-8-9-10-13-21(24)22-20-16-14-19(15-17-20)12-11-18-23/h11-12,14-18H,2-10,13H2,1H3,(H,22,24)/b12-11+. The van der Waals surface area contributed by atoms with Crippen molar-refractivity contribution in [3.63, 3.8) is 0 Å². The third-order valence-corrected chi connectivity index (χ3v) is 4.07. The second-order valence-electron chi connectivity index (χ2n) is 6.24. The summed E-state index contributed by atoms with van der Waals surface area (Å²) >= 11 is 0. The molecule has 1 aromatic rings. The number of carbonyl (C=O) groups is 2. The van der Waals surface area contributed by atoms with E-state index in [9.17, 15) is 9.59 Å². The zero-order valence-electron chi connectivity index (χ0n) is 14.9. The molecule has 0 heterocycles. The fourth-order valence-corrected chi connectivity index (χ4v) is 2.65. The summed E-state index contributed by atoms with van der Waals surface area (Å²) in [5.41, 5.74) is 1.75. The zero-order chi connectivity index (χ0) is 17.5. The van der Waals surface area contributed by atoms with Crippen molar-refractivity contribution in [3.8, 4) is 0 Å². The van der Waals surface area contributed by atoms with Gasteiger partial charge in [0.1, 0.15) is 6.29 Å². The van der Waals surface area contributed by atoms with Gasteiger partial charge in [0.05, 0.1) is 0 Å². The van der Waals surface area contributed by atoms with Crippen molar-refractivity contribution in [2.24, 2.45) is 0 Å². The van der Waals surface area contributed by atoms with Crippen molar-refractivity contribution >= 4 is 24.0 Å². The van der Waals surface area contributed by atoms with Gasteiger partial charge in [0.2, 0.25) is 5.91 Å². The lowest BCUT2D eigenvalue weighted by atomic mass is 10.1. The van der Waals surface area contributed by atoms with Gasteiger partial charge >= 0.3 is 0 Å². The lowest BCUT2D eigenvalue weighted by Crippen LogP contribution is -2.10. The number of unbranched alkanes of at least 4 members (excludes halogenated alkanes) is 8. The Hall–Kier alpha value is -1.90. The van der Waals surface area contributed by atoms with Gasteiger partial charge in [-0.25, -0.2) is 0 Å². The molecule has 0 aliphatic carbocycles. The molecule has 132 valence electrons. The van der Waals surface area contributed by atoms with Crippen LogP contribution >= 0.6 is 0 Å². The third-order valence-electron chi connectivity index (χ3n) is 4.07. The van der Waals surface area contributed by atoms with E-state index in [2.05, 4.69) is 12.2 Å². The summed E-state index contributed by atoms with van der Waals surface area (Å²) < 4.78 is 0. The first kappa shape index (κ1) is 20.1. The SMILES string of the molecule is CCCCCCCCCCCC(=O)Nc1ccc(/C=C/C=O)cc1. The smallest absolute Gasteiger partial charge is 0.224 e. The second kappa shape index (κ2) is 13.5. The Balaban J connectivity index is 2.09. The summed E-state index contributed by atoms with van der Waals surface area (Å²) in [5.74, 6) is 0.0779. The molecule has 3 heteroatoms. The minimum Gasteiger partial charge on any atom is -0.326 e. The minimum atomic E-state index is 0.0779. The highest BCUT2D eigenvalue weighted by Crippen LogP contribution is 2.13. The number of carbonyl (C=O) groups excluding carboxylic acids is 2. The number of hydrogen-bond donors (Lipinski definition) is 1.